The summed E-state index contributed by atoms with van der Waals surface area (Å²) in [5, 5.41) is 5.31. The third-order valence-electron chi connectivity index (χ3n) is 5.45. The van der Waals surface area contributed by atoms with Crippen LogP contribution in [-0.2, 0) is 0 Å². The Kier molecular flexibility index (Phi) is 3.03. The molecule has 4 aromatic carbocycles. The van der Waals surface area contributed by atoms with E-state index in [0.29, 0.717) is 0 Å². The molecule has 0 aliphatic carbocycles. The van der Waals surface area contributed by atoms with Crippen molar-refractivity contribution in [3.05, 3.63) is 90.5 Å². The van der Waals surface area contributed by atoms with Crippen LogP contribution in [0.3, 0.4) is 0 Å². The number of para-hydroxylation sites is 2. The summed E-state index contributed by atoms with van der Waals surface area (Å²) in [5.74, 6) is 0. The van der Waals surface area contributed by atoms with Crippen LogP contribution in [0.4, 0.5) is 0 Å². The lowest BCUT2D eigenvalue weighted by molar-refractivity contribution is 1.20. The summed E-state index contributed by atoms with van der Waals surface area (Å²) >= 11 is 1.90. The summed E-state index contributed by atoms with van der Waals surface area (Å²) in [5.41, 5.74) is 5.11. The van der Waals surface area contributed by atoms with Crippen LogP contribution in [0.15, 0.2) is 84.9 Å². The van der Waals surface area contributed by atoms with Gasteiger partial charge in [-0.2, -0.15) is 0 Å². The van der Waals surface area contributed by atoms with Gasteiger partial charge in [0, 0.05) is 26.2 Å². The van der Waals surface area contributed by atoms with Crippen LogP contribution >= 0.6 is 11.3 Å². The molecule has 0 bridgehead atoms. The SMILES string of the molecule is Cc1ccc2c(c1)sc1c(-n3c4ccccc4c4ccccc43)cccc12. The number of aromatic nitrogens is 1. The maximum atomic E-state index is 2.43. The van der Waals surface area contributed by atoms with Gasteiger partial charge in [0.2, 0.25) is 0 Å². The molecule has 128 valence electrons. The average Bonchev–Trinajstić information content (AvgIpc) is 3.23. The molecule has 0 unspecified atom stereocenters. The molecule has 0 saturated carbocycles. The number of nitrogens with zero attached hydrogens (tertiary/aromatic N) is 1. The van der Waals surface area contributed by atoms with Gasteiger partial charge in [-0.1, -0.05) is 60.7 Å². The van der Waals surface area contributed by atoms with Crippen molar-refractivity contribution in [1.82, 2.24) is 4.57 Å². The predicted molar refractivity (Wildman–Crippen MR) is 118 cm³/mol. The molecule has 1 nitrogen and oxygen atoms in total. The molecule has 0 radical (unpaired) electrons. The van der Waals surface area contributed by atoms with Crippen LogP contribution in [0.2, 0.25) is 0 Å². The van der Waals surface area contributed by atoms with Gasteiger partial charge in [0.15, 0.2) is 0 Å². The first kappa shape index (κ1) is 15.0. The minimum atomic E-state index is 1.26. The van der Waals surface area contributed by atoms with E-state index in [-0.39, 0.29) is 0 Å². The van der Waals surface area contributed by atoms with E-state index >= 15 is 0 Å². The molecule has 0 fully saturated rings. The number of benzene rings is 4. The Labute approximate surface area is 161 Å². The second-order valence-electron chi connectivity index (χ2n) is 7.13. The Hall–Kier alpha value is -3.10. The van der Waals surface area contributed by atoms with Crippen molar-refractivity contribution in [2.45, 2.75) is 6.92 Å². The highest BCUT2D eigenvalue weighted by atomic mass is 32.1. The number of hydrogen-bond donors (Lipinski definition) is 0. The molecule has 2 aromatic heterocycles. The Balaban J connectivity index is 1.82. The van der Waals surface area contributed by atoms with Crippen LogP contribution in [0.5, 0.6) is 0 Å². The van der Waals surface area contributed by atoms with E-state index in [2.05, 4.69) is 96.4 Å². The summed E-state index contributed by atoms with van der Waals surface area (Å²) in [7, 11) is 0. The molecule has 27 heavy (non-hydrogen) atoms. The Morgan fingerprint density at radius 1 is 0.630 bits per heavy atom. The molecule has 0 saturated heterocycles. The molecule has 0 amide bonds. The average molecular weight is 363 g/mol. The van der Waals surface area contributed by atoms with Crippen molar-refractivity contribution in [1.29, 1.82) is 0 Å². The van der Waals surface area contributed by atoms with E-state index in [0.717, 1.165) is 0 Å². The quantitative estimate of drug-likeness (QED) is 0.286. The van der Waals surface area contributed by atoms with Crippen LogP contribution < -0.4 is 0 Å². The van der Waals surface area contributed by atoms with E-state index in [1.165, 1.54) is 53.2 Å². The molecule has 2 heteroatoms. The highest BCUT2D eigenvalue weighted by Crippen LogP contribution is 2.40. The smallest absolute Gasteiger partial charge is 0.0640 e. The highest BCUT2D eigenvalue weighted by molar-refractivity contribution is 7.26. The maximum Gasteiger partial charge on any atom is 0.0640 e. The second kappa shape index (κ2) is 5.45. The van der Waals surface area contributed by atoms with Gasteiger partial charge in [-0.3, -0.25) is 0 Å². The number of hydrogen-bond acceptors (Lipinski definition) is 1. The van der Waals surface area contributed by atoms with Gasteiger partial charge in [0.05, 0.1) is 21.4 Å². The number of aryl methyl sites for hydroxylation is 1. The van der Waals surface area contributed by atoms with Crippen LogP contribution in [0.25, 0.3) is 47.7 Å². The Morgan fingerprint density at radius 3 is 2.04 bits per heavy atom. The van der Waals surface area contributed by atoms with Crippen molar-refractivity contribution in [2.24, 2.45) is 0 Å². The fraction of sp³-hybridized carbons (Fsp3) is 0.0400. The van der Waals surface area contributed by atoms with Gasteiger partial charge in [0.25, 0.3) is 0 Å². The summed E-state index contributed by atoms with van der Waals surface area (Å²) in [4.78, 5) is 0. The van der Waals surface area contributed by atoms with E-state index in [1.54, 1.807) is 0 Å². The molecule has 0 atom stereocenters. The van der Waals surface area contributed by atoms with E-state index in [4.69, 9.17) is 0 Å². The Bertz CT molecular complexity index is 1430. The van der Waals surface area contributed by atoms with E-state index in [9.17, 15) is 0 Å². The van der Waals surface area contributed by atoms with Crippen LogP contribution in [0, 0.1) is 6.92 Å². The topological polar surface area (TPSA) is 4.93 Å². The number of rotatable bonds is 1. The lowest BCUT2D eigenvalue weighted by Crippen LogP contribution is -1.93. The number of fused-ring (bicyclic) bond motifs is 6. The Morgan fingerprint density at radius 2 is 1.30 bits per heavy atom. The molecule has 0 aliphatic heterocycles. The standard InChI is InChI=1S/C25H17NS/c1-16-13-14-19-20-9-6-12-23(25(20)27-24(19)15-16)26-21-10-4-2-7-17(21)18-8-3-5-11-22(18)26/h2-15H,1H3. The zero-order valence-electron chi connectivity index (χ0n) is 14.9. The summed E-state index contributed by atoms with van der Waals surface area (Å²) in [6, 6.07) is 30.9. The van der Waals surface area contributed by atoms with Gasteiger partial charge >= 0.3 is 0 Å². The van der Waals surface area contributed by atoms with Gasteiger partial charge < -0.3 is 4.57 Å². The third kappa shape index (κ3) is 2.05. The molecule has 0 N–H and O–H groups in total. The largest absolute Gasteiger partial charge is 0.308 e. The summed E-state index contributed by atoms with van der Waals surface area (Å²) in [6.45, 7) is 2.16. The first-order chi connectivity index (χ1) is 13.3. The zero-order valence-corrected chi connectivity index (χ0v) is 15.8. The third-order valence-corrected chi connectivity index (χ3v) is 6.65. The lowest BCUT2D eigenvalue weighted by Gasteiger charge is -2.09. The molecule has 2 heterocycles. The van der Waals surface area contributed by atoms with Crippen LogP contribution in [0.1, 0.15) is 5.56 Å². The molecule has 6 rings (SSSR count). The van der Waals surface area contributed by atoms with Gasteiger partial charge in [0.1, 0.15) is 0 Å². The first-order valence-corrected chi connectivity index (χ1v) is 10.0. The maximum absolute atomic E-state index is 2.43. The lowest BCUT2D eigenvalue weighted by atomic mass is 10.1. The van der Waals surface area contributed by atoms with Crippen molar-refractivity contribution >= 4 is 53.3 Å². The van der Waals surface area contributed by atoms with Gasteiger partial charge in [-0.25, -0.2) is 0 Å². The normalized spacial score (nSPS) is 11.9. The predicted octanol–water partition coefficient (Wildman–Crippen LogP) is 7.46. The zero-order chi connectivity index (χ0) is 18.0. The molecule has 6 aromatic rings. The highest BCUT2D eigenvalue weighted by Gasteiger charge is 2.15. The molecular weight excluding hydrogens is 346 g/mol. The van der Waals surface area contributed by atoms with Gasteiger partial charge in [-0.05, 0) is 36.8 Å². The monoisotopic (exact) mass is 363 g/mol. The minimum absolute atomic E-state index is 1.26. The van der Waals surface area contributed by atoms with Crippen molar-refractivity contribution < 1.29 is 0 Å². The molecular formula is C25H17NS. The fourth-order valence-electron chi connectivity index (χ4n) is 4.25. The molecule has 0 aliphatic rings. The molecule has 0 spiro atoms. The first-order valence-electron chi connectivity index (χ1n) is 9.22. The van der Waals surface area contributed by atoms with E-state index < -0.39 is 0 Å². The van der Waals surface area contributed by atoms with Crippen molar-refractivity contribution in [3.63, 3.8) is 0 Å². The fourth-order valence-corrected chi connectivity index (χ4v) is 5.55. The van der Waals surface area contributed by atoms with Gasteiger partial charge in [-0.15, -0.1) is 11.3 Å². The van der Waals surface area contributed by atoms with Crippen molar-refractivity contribution in [2.75, 3.05) is 0 Å². The van der Waals surface area contributed by atoms with Crippen LogP contribution in [-0.4, -0.2) is 4.57 Å². The number of thiophene rings is 1. The minimum Gasteiger partial charge on any atom is -0.308 e. The summed E-state index contributed by atoms with van der Waals surface area (Å²) < 4.78 is 5.14. The summed E-state index contributed by atoms with van der Waals surface area (Å²) in [6.07, 6.45) is 0. The second-order valence-corrected chi connectivity index (χ2v) is 8.18. The van der Waals surface area contributed by atoms with E-state index in [1.807, 2.05) is 11.3 Å². The van der Waals surface area contributed by atoms with Crippen molar-refractivity contribution in [3.8, 4) is 5.69 Å².